The summed E-state index contributed by atoms with van der Waals surface area (Å²) in [5, 5.41) is 0. The van der Waals surface area contributed by atoms with Gasteiger partial charge in [-0.2, -0.15) is 0 Å². The average molecular weight is 261 g/mol. The largest absolute Gasteiger partial charge is 0.494 e. The van der Waals surface area contributed by atoms with E-state index in [1.165, 1.54) is 6.07 Å². The van der Waals surface area contributed by atoms with E-state index in [0.29, 0.717) is 24.7 Å². The molecule has 0 aliphatic carbocycles. The minimum atomic E-state index is -0.426. The van der Waals surface area contributed by atoms with Gasteiger partial charge in [-0.15, -0.1) is 0 Å². The summed E-state index contributed by atoms with van der Waals surface area (Å²) in [7, 11) is 0. The SMILES string of the molecule is CCOc1cccc(Oc2ccc(CN)cc2F)c1. The monoisotopic (exact) mass is 261 g/mol. The van der Waals surface area contributed by atoms with Gasteiger partial charge in [-0.25, -0.2) is 4.39 Å². The first-order valence-corrected chi connectivity index (χ1v) is 6.12. The Morgan fingerprint density at radius 3 is 2.58 bits per heavy atom. The zero-order chi connectivity index (χ0) is 13.7. The molecule has 0 heterocycles. The molecule has 2 aromatic carbocycles. The lowest BCUT2D eigenvalue weighted by molar-refractivity contribution is 0.337. The Morgan fingerprint density at radius 1 is 1.11 bits per heavy atom. The second-order valence-electron chi connectivity index (χ2n) is 3.98. The maximum Gasteiger partial charge on any atom is 0.166 e. The van der Waals surface area contributed by atoms with Crippen LogP contribution in [0.25, 0.3) is 0 Å². The molecule has 0 spiro atoms. The van der Waals surface area contributed by atoms with Crippen LogP contribution in [0.15, 0.2) is 42.5 Å². The molecule has 0 radical (unpaired) electrons. The highest BCUT2D eigenvalue weighted by Crippen LogP contribution is 2.27. The first-order chi connectivity index (χ1) is 9.22. The van der Waals surface area contributed by atoms with Crippen LogP contribution in [0.2, 0.25) is 0 Å². The summed E-state index contributed by atoms with van der Waals surface area (Å²) in [5.41, 5.74) is 6.18. The number of nitrogens with two attached hydrogens (primary N) is 1. The van der Waals surface area contributed by atoms with Crippen LogP contribution in [-0.4, -0.2) is 6.61 Å². The van der Waals surface area contributed by atoms with Crippen LogP contribution in [0.1, 0.15) is 12.5 Å². The van der Waals surface area contributed by atoms with Crippen LogP contribution in [0.5, 0.6) is 17.2 Å². The van der Waals surface area contributed by atoms with Gasteiger partial charge in [0.15, 0.2) is 11.6 Å². The smallest absolute Gasteiger partial charge is 0.166 e. The molecule has 0 saturated carbocycles. The van der Waals surface area contributed by atoms with Crippen molar-refractivity contribution in [3.05, 3.63) is 53.8 Å². The van der Waals surface area contributed by atoms with E-state index >= 15 is 0 Å². The fraction of sp³-hybridized carbons (Fsp3) is 0.200. The summed E-state index contributed by atoms with van der Waals surface area (Å²) >= 11 is 0. The molecule has 19 heavy (non-hydrogen) atoms. The molecule has 2 N–H and O–H groups in total. The fourth-order valence-corrected chi connectivity index (χ4v) is 1.68. The van der Waals surface area contributed by atoms with Crippen LogP contribution in [0, 0.1) is 5.82 Å². The van der Waals surface area contributed by atoms with Gasteiger partial charge in [0.1, 0.15) is 11.5 Å². The highest BCUT2D eigenvalue weighted by molar-refractivity contribution is 5.38. The van der Waals surface area contributed by atoms with Crippen molar-refractivity contribution in [1.29, 1.82) is 0 Å². The molecule has 0 aromatic heterocycles. The lowest BCUT2D eigenvalue weighted by Crippen LogP contribution is -1.98. The molecule has 2 rings (SSSR count). The summed E-state index contributed by atoms with van der Waals surface area (Å²) < 4.78 is 24.6. The molecule has 0 fully saturated rings. The van der Waals surface area contributed by atoms with Crippen molar-refractivity contribution in [3.8, 4) is 17.2 Å². The Bertz CT molecular complexity index is 558. The van der Waals surface area contributed by atoms with Gasteiger partial charge in [0.05, 0.1) is 6.61 Å². The summed E-state index contributed by atoms with van der Waals surface area (Å²) in [6, 6.07) is 11.8. The average Bonchev–Trinajstić information content (AvgIpc) is 2.42. The molecule has 2 aromatic rings. The predicted octanol–water partition coefficient (Wildman–Crippen LogP) is 3.48. The van der Waals surface area contributed by atoms with E-state index in [1.54, 1.807) is 30.3 Å². The molecule has 4 heteroatoms. The van der Waals surface area contributed by atoms with Gasteiger partial charge < -0.3 is 15.2 Å². The van der Waals surface area contributed by atoms with Gasteiger partial charge in [-0.05, 0) is 36.8 Å². The normalized spacial score (nSPS) is 10.3. The number of rotatable bonds is 5. The molecule has 0 unspecified atom stereocenters. The predicted molar refractivity (Wildman–Crippen MR) is 72.0 cm³/mol. The molecule has 0 atom stereocenters. The van der Waals surface area contributed by atoms with E-state index in [9.17, 15) is 4.39 Å². The van der Waals surface area contributed by atoms with Gasteiger partial charge in [0, 0.05) is 12.6 Å². The minimum absolute atomic E-state index is 0.172. The maximum absolute atomic E-state index is 13.8. The molecule has 3 nitrogen and oxygen atoms in total. The summed E-state index contributed by atoms with van der Waals surface area (Å²) in [5.74, 6) is 0.972. The lowest BCUT2D eigenvalue weighted by atomic mass is 10.2. The van der Waals surface area contributed by atoms with Crippen LogP contribution in [0.4, 0.5) is 4.39 Å². The van der Waals surface area contributed by atoms with Gasteiger partial charge in [0.25, 0.3) is 0 Å². The van der Waals surface area contributed by atoms with E-state index in [4.69, 9.17) is 15.2 Å². The molecule has 0 bridgehead atoms. The third kappa shape index (κ3) is 3.45. The number of hydrogen-bond acceptors (Lipinski definition) is 3. The Balaban J connectivity index is 2.18. The summed E-state index contributed by atoms with van der Waals surface area (Å²) in [6.45, 7) is 2.78. The van der Waals surface area contributed by atoms with Crippen LogP contribution in [-0.2, 0) is 6.54 Å². The van der Waals surface area contributed by atoms with Crippen molar-refractivity contribution in [3.63, 3.8) is 0 Å². The molecule has 100 valence electrons. The molecular weight excluding hydrogens is 245 g/mol. The third-order valence-corrected chi connectivity index (χ3v) is 2.58. The van der Waals surface area contributed by atoms with Gasteiger partial charge in [-0.1, -0.05) is 12.1 Å². The first kappa shape index (κ1) is 13.4. The van der Waals surface area contributed by atoms with Gasteiger partial charge >= 0.3 is 0 Å². The fourth-order valence-electron chi connectivity index (χ4n) is 1.68. The topological polar surface area (TPSA) is 44.5 Å². The van der Waals surface area contributed by atoms with Crippen molar-refractivity contribution >= 4 is 0 Å². The molecule has 0 aliphatic rings. The quantitative estimate of drug-likeness (QED) is 0.896. The maximum atomic E-state index is 13.8. The van der Waals surface area contributed by atoms with Gasteiger partial charge in [-0.3, -0.25) is 0 Å². The Kier molecular flexibility index (Phi) is 4.36. The van der Waals surface area contributed by atoms with Crippen molar-refractivity contribution < 1.29 is 13.9 Å². The van der Waals surface area contributed by atoms with Crippen molar-refractivity contribution in [1.82, 2.24) is 0 Å². The number of ether oxygens (including phenoxy) is 2. The van der Waals surface area contributed by atoms with E-state index < -0.39 is 5.82 Å². The van der Waals surface area contributed by atoms with E-state index in [1.807, 2.05) is 13.0 Å². The molecule has 0 aliphatic heterocycles. The highest BCUT2D eigenvalue weighted by atomic mass is 19.1. The molecular formula is C15H16FNO2. The first-order valence-electron chi connectivity index (χ1n) is 6.12. The van der Waals surface area contributed by atoms with E-state index in [0.717, 1.165) is 5.56 Å². The van der Waals surface area contributed by atoms with Crippen molar-refractivity contribution in [2.24, 2.45) is 5.73 Å². The Hall–Kier alpha value is -2.07. The number of hydrogen-bond donors (Lipinski definition) is 1. The second-order valence-corrected chi connectivity index (χ2v) is 3.98. The zero-order valence-electron chi connectivity index (χ0n) is 10.7. The molecule has 0 saturated heterocycles. The lowest BCUT2D eigenvalue weighted by Gasteiger charge is -2.09. The van der Waals surface area contributed by atoms with Crippen LogP contribution >= 0.6 is 0 Å². The summed E-state index contributed by atoms with van der Waals surface area (Å²) in [6.07, 6.45) is 0. The Morgan fingerprint density at radius 2 is 1.89 bits per heavy atom. The van der Waals surface area contributed by atoms with Crippen LogP contribution in [0.3, 0.4) is 0 Å². The van der Waals surface area contributed by atoms with Gasteiger partial charge in [0.2, 0.25) is 0 Å². The Labute approximate surface area is 111 Å². The highest BCUT2D eigenvalue weighted by Gasteiger charge is 2.06. The van der Waals surface area contributed by atoms with Crippen molar-refractivity contribution in [2.75, 3.05) is 6.61 Å². The summed E-state index contributed by atoms with van der Waals surface area (Å²) in [4.78, 5) is 0. The minimum Gasteiger partial charge on any atom is -0.494 e. The van der Waals surface area contributed by atoms with Crippen LogP contribution < -0.4 is 15.2 Å². The zero-order valence-corrected chi connectivity index (χ0v) is 10.7. The third-order valence-electron chi connectivity index (χ3n) is 2.58. The van der Waals surface area contributed by atoms with Crippen molar-refractivity contribution in [2.45, 2.75) is 13.5 Å². The van der Waals surface area contributed by atoms with E-state index in [2.05, 4.69) is 0 Å². The number of benzene rings is 2. The number of halogens is 1. The van der Waals surface area contributed by atoms with E-state index in [-0.39, 0.29) is 5.75 Å². The molecule has 0 amide bonds. The standard InChI is InChI=1S/C15H16FNO2/c1-2-18-12-4-3-5-13(9-12)19-15-7-6-11(10-17)8-14(15)16/h3-9H,2,10,17H2,1H3. The second kappa shape index (κ2) is 6.20.